The van der Waals surface area contributed by atoms with E-state index in [1.807, 2.05) is 19.9 Å². The Hall–Kier alpha value is -3.43. The normalized spacial score (nSPS) is 11.4. The molecule has 1 amide bonds. The van der Waals surface area contributed by atoms with Gasteiger partial charge < -0.3 is 10.6 Å². The molecule has 2 aromatic heterocycles. The molecule has 0 spiro atoms. The van der Waals surface area contributed by atoms with E-state index in [0.717, 1.165) is 23.5 Å². The number of hydrogen-bond donors (Lipinski definition) is 2. The minimum Gasteiger partial charge on any atom is -0.368 e. The predicted molar refractivity (Wildman–Crippen MR) is 105 cm³/mol. The van der Waals surface area contributed by atoms with Crippen LogP contribution in [0.5, 0.6) is 0 Å². The van der Waals surface area contributed by atoms with Crippen LogP contribution in [0.4, 0.5) is 19.0 Å². The standard InChI is InChI=1S/C20H21F3N6O/c1-13-8-14(2)29(28-13)18-11-17(26-12-27-18)24-6-7-25-19(30)10-15-4-3-5-16(9-15)20(21,22)23/h3-5,8-9,11-12H,6-7,10H2,1-2H3,(H,25,30)(H,24,26,27). The molecule has 0 atom stereocenters. The molecular formula is C20H21F3N6O. The lowest BCUT2D eigenvalue weighted by atomic mass is 10.1. The van der Waals surface area contributed by atoms with Gasteiger partial charge in [-0.2, -0.15) is 18.3 Å². The molecule has 0 unspecified atom stereocenters. The Morgan fingerprint density at radius 3 is 2.60 bits per heavy atom. The van der Waals surface area contributed by atoms with Gasteiger partial charge in [-0.15, -0.1) is 0 Å². The highest BCUT2D eigenvalue weighted by atomic mass is 19.4. The second kappa shape index (κ2) is 8.93. The number of amides is 1. The zero-order valence-corrected chi connectivity index (χ0v) is 16.5. The average molecular weight is 418 g/mol. The number of carbonyl (C=O) groups is 1. The Balaban J connectivity index is 1.49. The molecule has 3 rings (SSSR count). The van der Waals surface area contributed by atoms with Crippen LogP contribution in [0.25, 0.3) is 5.82 Å². The van der Waals surface area contributed by atoms with Crippen LogP contribution >= 0.6 is 0 Å². The van der Waals surface area contributed by atoms with Gasteiger partial charge in [-0.25, -0.2) is 14.6 Å². The van der Waals surface area contributed by atoms with Crippen molar-refractivity contribution in [1.29, 1.82) is 0 Å². The van der Waals surface area contributed by atoms with Crippen molar-refractivity contribution in [1.82, 2.24) is 25.1 Å². The minimum absolute atomic E-state index is 0.125. The van der Waals surface area contributed by atoms with Crippen molar-refractivity contribution in [3.05, 3.63) is 65.2 Å². The van der Waals surface area contributed by atoms with Crippen LogP contribution in [0.2, 0.25) is 0 Å². The quantitative estimate of drug-likeness (QED) is 0.576. The van der Waals surface area contributed by atoms with E-state index >= 15 is 0 Å². The summed E-state index contributed by atoms with van der Waals surface area (Å²) < 4.78 is 40.0. The molecule has 0 saturated heterocycles. The summed E-state index contributed by atoms with van der Waals surface area (Å²) in [5.74, 6) is 0.827. The van der Waals surface area contributed by atoms with Gasteiger partial charge in [0.05, 0.1) is 17.7 Å². The van der Waals surface area contributed by atoms with Crippen LogP contribution in [0, 0.1) is 13.8 Å². The molecule has 2 heterocycles. The molecule has 158 valence electrons. The van der Waals surface area contributed by atoms with Gasteiger partial charge in [-0.05, 0) is 31.5 Å². The summed E-state index contributed by atoms with van der Waals surface area (Å²) in [5.41, 5.74) is 1.36. The SMILES string of the molecule is Cc1cc(C)n(-c2cc(NCCNC(=O)Cc3cccc(C(F)(F)F)c3)ncn2)n1. The van der Waals surface area contributed by atoms with E-state index in [4.69, 9.17) is 0 Å². The highest BCUT2D eigenvalue weighted by Gasteiger charge is 2.30. The maximum Gasteiger partial charge on any atom is 0.416 e. The van der Waals surface area contributed by atoms with Crippen LogP contribution < -0.4 is 10.6 Å². The first-order chi connectivity index (χ1) is 14.2. The number of alkyl halides is 3. The number of nitrogens with zero attached hydrogens (tertiary/aromatic N) is 4. The Bertz CT molecular complexity index is 1030. The summed E-state index contributed by atoms with van der Waals surface area (Å²) >= 11 is 0. The first kappa shape index (κ1) is 21.3. The van der Waals surface area contributed by atoms with Crippen molar-refractivity contribution in [3.63, 3.8) is 0 Å². The lowest BCUT2D eigenvalue weighted by Crippen LogP contribution is -2.30. The van der Waals surface area contributed by atoms with Gasteiger partial charge in [0.15, 0.2) is 5.82 Å². The number of halogens is 3. The summed E-state index contributed by atoms with van der Waals surface area (Å²) in [6, 6.07) is 8.43. The summed E-state index contributed by atoms with van der Waals surface area (Å²) in [6.07, 6.45) is -3.14. The zero-order chi connectivity index (χ0) is 21.7. The number of carbonyl (C=O) groups excluding carboxylic acids is 1. The van der Waals surface area contributed by atoms with Crippen molar-refractivity contribution in [2.24, 2.45) is 0 Å². The average Bonchev–Trinajstić information content (AvgIpc) is 3.03. The van der Waals surface area contributed by atoms with E-state index in [-0.39, 0.29) is 18.9 Å². The third-order valence-electron chi connectivity index (χ3n) is 4.25. The van der Waals surface area contributed by atoms with Crippen LogP contribution in [0.3, 0.4) is 0 Å². The van der Waals surface area contributed by atoms with Crippen LogP contribution in [-0.4, -0.2) is 38.7 Å². The first-order valence-corrected chi connectivity index (χ1v) is 9.25. The van der Waals surface area contributed by atoms with Crippen LogP contribution in [0.15, 0.2) is 42.7 Å². The molecule has 0 aliphatic heterocycles. The number of rotatable bonds is 7. The van der Waals surface area contributed by atoms with Crippen molar-refractivity contribution in [2.45, 2.75) is 26.4 Å². The Labute approximate surface area is 171 Å². The molecule has 0 saturated carbocycles. The van der Waals surface area contributed by atoms with Gasteiger partial charge in [0.25, 0.3) is 0 Å². The maximum absolute atomic E-state index is 12.8. The largest absolute Gasteiger partial charge is 0.416 e. The van der Waals surface area contributed by atoms with Crippen molar-refractivity contribution in [3.8, 4) is 5.82 Å². The monoisotopic (exact) mass is 418 g/mol. The summed E-state index contributed by atoms with van der Waals surface area (Å²) in [7, 11) is 0. The van der Waals surface area contributed by atoms with Crippen molar-refractivity contribution >= 4 is 11.7 Å². The topological polar surface area (TPSA) is 84.7 Å². The fourth-order valence-corrected chi connectivity index (χ4v) is 2.92. The van der Waals surface area contributed by atoms with E-state index in [1.54, 1.807) is 10.7 Å². The van der Waals surface area contributed by atoms with E-state index < -0.39 is 11.7 Å². The number of aromatic nitrogens is 4. The van der Waals surface area contributed by atoms with Gasteiger partial charge in [0, 0.05) is 24.8 Å². The molecule has 3 aromatic rings. The molecule has 7 nitrogen and oxygen atoms in total. The second-order valence-corrected chi connectivity index (χ2v) is 6.75. The number of aryl methyl sites for hydroxylation is 2. The molecule has 30 heavy (non-hydrogen) atoms. The van der Waals surface area contributed by atoms with E-state index in [1.165, 1.54) is 18.5 Å². The zero-order valence-electron chi connectivity index (χ0n) is 16.5. The fourth-order valence-electron chi connectivity index (χ4n) is 2.92. The Morgan fingerprint density at radius 1 is 1.10 bits per heavy atom. The molecule has 0 aliphatic rings. The van der Waals surface area contributed by atoms with Gasteiger partial charge in [-0.1, -0.05) is 18.2 Å². The van der Waals surface area contributed by atoms with Gasteiger partial charge in [0.1, 0.15) is 12.1 Å². The van der Waals surface area contributed by atoms with Crippen molar-refractivity contribution < 1.29 is 18.0 Å². The highest BCUT2D eigenvalue weighted by Crippen LogP contribution is 2.29. The fraction of sp³-hybridized carbons (Fsp3) is 0.300. The van der Waals surface area contributed by atoms with Gasteiger partial charge >= 0.3 is 6.18 Å². The molecular weight excluding hydrogens is 397 g/mol. The maximum atomic E-state index is 12.8. The lowest BCUT2D eigenvalue weighted by Gasteiger charge is -2.10. The molecule has 0 aliphatic carbocycles. The lowest BCUT2D eigenvalue weighted by molar-refractivity contribution is -0.137. The van der Waals surface area contributed by atoms with E-state index in [2.05, 4.69) is 25.7 Å². The molecule has 0 fully saturated rings. The molecule has 0 radical (unpaired) electrons. The minimum atomic E-state index is -4.43. The van der Waals surface area contributed by atoms with E-state index in [9.17, 15) is 18.0 Å². The van der Waals surface area contributed by atoms with Gasteiger partial charge in [0.2, 0.25) is 5.91 Å². The van der Waals surface area contributed by atoms with Gasteiger partial charge in [-0.3, -0.25) is 4.79 Å². The highest BCUT2D eigenvalue weighted by molar-refractivity contribution is 5.78. The summed E-state index contributed by atoms with van der Waals surface area (Å²) in [6.45, 7) is 4.50. The molecule has 2 N–H and O–H groups in total. The van der Waals surface area contributed by atoms with Crippen LogP contribution in [-0.2, 0) is 17.4 Å². The first-order valence-electron chi connectivity index (χ1n) is 9.25. The number of anilines is 1. The predicted octanol–water partition coefficient (Wildman–Crippen LogP) is 3.07. The molecule has 0 bridgehead atoms. The number of benzene rings is 1. The Kier molecular flexibility index (Phi) is 6.34. The number of nitrogens with one attached hydrogen (secondary N) is 2. The van der Waals surface area contributed by atoms with Crippen LogP contribution in [0.1, 0.15) is 22.5 Å². The summed E-state index contributed by atoms with van der Waals surface area (Å²) in [4.78, 5) is 20.4. The summed E-state index contributed by atoms with van der Waals surface area (Å²) in [5, 5.41) is 10.1. The van der Waals surface area contributed by atoms with E-state index in [0.29, 0.717) is 23.7 Å². The third-order valence-corrected chi connectivity index (χ3v) is 4.25. The molecule has 1 aromatic carbocycles. The van der Waals surface area contributed by atoms with Crippen molar-refractivity contribution in [2.75, 3.05) is 18.4 Å². The number of hydrogen-bond acceptors (Lipinski definition) is 5. The second-order valence-electron chi connectivity index (χ2n) is 6.75. The molecule has 10 heteroatoms. The smallest absolute Gasteiger partial charge is 0.368 e. The Morgan fingerprint density at radius 2 is 1.90 bits per heavy atom. The third kappa shape index (κ3) is 5.56.